The van der Waals surface area contributed by atoms with Gasteiger partial charge in [-0.1, -0.05) is 46.3 Å². The molecule has 2 amide bonds. The Bertz CT molecular complexity index is 704. The van der Waals surface area contributed by atoms with Gasteiger partial charge in [0, 0.05) is 18.1 Å². The summed E-state index contributed by atoms with van der Waals surface area (Å²) < 4.78 is 6.50. The van der Waals surface area contributed by atoms with Crippen molar-refractivity contribution in [2.75, 3.05) is 13.7 Å². The summed E-state index contributed by atoms with van der Waals surface area (Å²) in [4.78, 5) is 26.2. The van der Waals surface area contributed by atoms with Crippen molar-refractivity contribution in [1.82, 2.24) is 10.2 Å². The van der Waals surface area contributed by atoms with Gasteiger partial charge in [-0.05, 0) is 36.8 Å². The number of para-hydroxylation sites is 1. The zero-order valence-corrected chi connectivity index (χ0v) is 15.8. The Morgan fingerprint density at radius 2 is 1.76 bits per heavy atom. The lowest BCUT2D eigenvalue weighted by molar-refractivity contribution is -0.142. The number of rotatable bonds is 7. The number of hydrogen-bond acceptors (Lipinski definition) is 3. The average Bonchev–Trinajstić information content (AvgIpc) is 2.65. The van der Waals surface area contributed by atoms with Gasteiger partial charge in [-0.25, -0.2) is 0 Å². The Kier molecular flexibility index (Phi) is 7.01. The second-order valence-electron chi connectivity index (χ2n) is 5.54. The molecule has 0 heterocycles. The minimum absolute atomic E-state index is 0.123. The molecular formula is C19H21BrN2O3. The van der Waals surface area contributed by atoms with Gasteiger partial charge < -0.3 is 15.0 Å². The molecule has 2 rings (SSSR count). The minimum Gasteiger partial charge on any atom is -0.484 e. The van der Waals surface area contributed by atoms with Crippen LogP contribution in [0.3, 0.4) is 0 Å². The van der Waals surface area contributed by atoms with E-state index in [1.807, 2.05) is 42.5 Å². The number of carbonyl (C=O) groups excluding carboxylic acids is 2. The van der Waals surface area contributed by atoms with E-state index in [2.05, 4.69) is 21.2 Å². The van der Waals surface area contributed by atoms with Gasteiger partial charge in [0.15, 0.2) is 6.61 Å². The van der Waals surface area contributed by atoms with Crippen molar-refractivity contribution >= 4 is 27.7 Å². The Morgan fingerprint density at radius 1 is 1.12 bits per heavy atom. The van der Waals surface area contributed by atoms with Crippen LogP contribution < -0.4 is 10.1 Å². The van der Waals surface area contributed by atoms with Gasteiger partial charge in [-0.15, -0.1) is 0 Å². The van der Waals surface area contributed by atoms with Gasteiger partial charge in [0.1, 0.15) is 11.8 Å². The van der Waals surface area contributed by atoms with Crippen LogP contribution in [-0.2, 0) is 16.1 Å². The van der Waals surface area contributed by atoms with Gasteiger partial charge in [-0.2, -0.15) is 0 Å². The molecule has 0 aromatic heterocycles. The van der Waals surface area contributed by atoms with Crippen molar-refractivity contribution < 1.29 is 14.3 Å². The van der Waals surface area contributed by atoms with E-state index >= 15 is 0 Å². The Morgan fingerprint density at radius 3 is 2.36 bits per heavy atom. The first-order valence-electron chi connectivity index (χ1n) is 7.94. The number of nitrogens with zero attached hydrogens (tertiary/aromatic N) is 1. The van der Waals surface area contributed by atoms with Crippen molar-refractivity contribution in [1.29, 1.82) is 0 Å². The first-order valence-corrected chi connectivity index (χ1v) is 8.74. The largest absolute Gasteiger partial charge is 0.484 e. The summed E-state index contributed by atoms with van der Waals surface area (Å²) in [6.45, 7) is 1.92. The van der Waals surface area contributed by atoms with Crippen LogP contribution in [0.2, 0.25) is 0 Å². The van der Waals surface area contributed by atoms with Crippen molar-refractivity contribution in [2.45, 2.75) is 19.5 Å². The summed E-state index contributed by atoms with van der Waals surface area (Å²) >= 11 is 3.39. The lowest BCUT2D eigenvalue weighted by Crippen LogP contribution is -2.48. The zero-order chi connectivity index (χ0) is 18.2. The predicted octanol–water partition coefficient (Wildman–Crippen LogP) is 2.99. The van der Waals surface area contributed by atoms with Crippen LogP contribution in [0.5, 0.6) is 5.75 Å². The second kappa shape index (κ2) is 9.22. The fourth-order valence-electron chi connectivity index (χ4n) is 2.32. The molecule has 0 aliphatic rings. The highest BCUT2D eigenvalue weighted by molar-refractivity contribution is 9.10. The lowest BCUT2D eigenvalue weighted by Gasteiger charge is -2.28. The smallest absolute Gasteiger partial charge is 0.261 e. The van der Waals surface area contributed by atoms with Crippen LogP contribution in [0.4, 0.5) is 0 Å². The van der Waals surface area contributed by atoms with Crippen molar-refractivity contribution in [3.05, 3.63) is 64.6 Å². The summed E-state index contributed by atoms with van der Waals surface area (Å²) in [5.74, 6) is 0.153. The predicted molar refractivity (Wildman–Crippen MR) is 100 cm³/mol. The number of nitrogens with one attached hydrogen (secondary N) is 1. The third kappa shape index (κ3) is 5.60. The number of carbonyl (C=O) groups is 2. The number of ether oxygens (including phenoxy) is 1. The SMILES string of the molecule is CNC(=O)[C@@H](C)N(Cc1ccc(Br)cc1)C(=O)COc1ccccc1. The van der Waals surface area contributed by atoms with E-state index in [0.717, 1.165) is 10.0 Å². The monoisotopic (exact) mass is 404 g/mol. The van der Waals surface area contributed by atoms with E-state index in [9.17, 15) is 9.59 Å². The van der Waals surface area contributed by atoms with Crippen LogP contribution in [0.15, 0.2) is 59.1 Å². The first-order chi connectivity index (χ1) is 12.0. The van der Waals surface area contributed by atoms with E-state index in [4.69, 9.17) is 4.74 Å². The third-order valence-electron chi connectivity index (χ3n) is 3.79. The zero-order valence-electron chi connectivity index (χ0n) is 14.2. The number of hydrogen-bond donors (Lipinski definition) is 1. The molecule has 25 heavy (non-hydrogen) atoms. The summed E-state index contributed by atoms with van der Waals surface area (Å²) in [5, 5.41) is 2.59. The molecule has 6 heteroatoms. The van der Waals surface area contributed by atoms with Gasteiger partial charge >= 0.3 is 0 Å². The molecule has 0 bridgehead atoms. The molecule has 0 aliphatic heterocycles. The summed E-state index contributed by atoms with van der Waals surface area (Å²) in [6.07, 6.45) is 0. The van der Waals surface area contributed by atoms with Gasteiger partial charge in [-0.3, -0.25) is 9.59 Å². The van der Waals surface area contributed by atoms with Crippen LogP contribution in [0.1, 0.15) is 12.5 Å². The van der Waals surface area contributed by atoms with Crippen molar-refractivity contribution in [2.24, 2.45) is 0 Å². The van der Waals surface area contributed by atoms with E-state index < -0.39 is 6.04 Å². The first kappa shape index (κ1) is 19.0. The molecule has 0 radical (unpaired) electrons. The maximum atomic E-state index is 12.7. The molecule has 0 unspecified atom stereocenters. The van der Waals surface area contributed by atoms with E-state index in [1.165, 1.54) is 4.90 Å². The molecule has 132 valence electrons. The van der Waals surface area contributed by atoms with Gasteiger partial charge in [0.05, 0.1) is 0 Å². The third-order valence-corrected chi connectivity index (χ3v) is 4.31. The average molecular weight is 405 g/mol. The van der Waals surface area contributed by atoms with Gasteiger partial charge in [0.25, 0.3) is 5.91 Å². The van der Waals surface area contributed by atoms with Crippen LogP contribution in [0, 0.1) is 0 Å². The highest BCUT2D eigenvalue weighted by Crippen LogP contribution is 2.15. The lowest BCUT2D eigenvalue weighted by atomic mass is 10.1. The molecule has 5 nitrogen and oxygen atoms in total. The molecule has 1 atom stereocenters. The number of amides is 2. The maximum absolute atomic E-state index is 12.7. The highest BCUT2D eigenvalue weighted by atomic mass is 79.9. The topological polar surface area (TPSA) is 58.6 Å². The van der Waals surface area contributed by atoms with Crippen molar-refractivity contribution in [3.63, 3.8) is 0 Å². The molecule has 2 aromatic carbocycles. The summed E-state index contributed by atoms with van der Waals surface area (Å²) in [6, 6.07) is 16.2. The van der Waals surface area contributed by atoms with E-state index in [1.54, 1.807) is 26.1 Å². The molecule has 1 N–H and O–H groups in total. The molecular weight excluding hydrogens is 384 g/mol. The number of halogens is 1. The maximum Gasteiger partial charge on any atom is 0.261 e. The highest BCUT2D eigenvalue weighted by Gasteiger charge is 2.25. The fourth-order valence-corrected chi connectivity index (χ4v) is 2.59. The van der Waals surface area contributed by atoms with E-state index in [-0.39, 0.29) is 18.4 Å². The molecule has 0 saturated carbocycles. The molecule has 0 spiro atoms. The minimum atomic E-state index is -0.597. The van der Waals surface area contributed by atoms with Crippen LogP contribution >= 0.6 is 15.9 Å². The van der Waals surface area contributed by atoms with Crippen LogP contribution in [0.25, 0.3) is 0 Å². The normalized spacial score (nSPS) is 11.5. The van der Waals surface area contributed by atoms with Crippen LogP contribution in [-0.4, -0.2) is 36.4 Å². The number of benzene rings is 2. The Balaban J connectivity index is 2.10. The Labute approximate surface area is 156 Å². The molecule has 0 fully saturated rings. The second-order valence-corrected chi connectivity index (χ2v) is 6.46. The fraction of sp³-hybridized carbons (Fsp3) is 0.263. The summed E-state index contributed by atoms with van der Waals surface area (Å²) in [5.41, 5.74) is 0.937. The van der Waals surface area contributed by atoms with Crippen molar-refractivity contribution in [3.8, 4) is 5.75 Å². The quantitative estimate of drug-likeness (QED) is 0.771. The van der Waals surface area contributed by atoms with Gasteiger partial charge in [0.2, 0.25) is 5.91 Å². The Hall–Kier alpha value is -2.34. The standard InChI is InChI=1S/C19H21BrN2O3/c1-14(19(24)21-2)22(12-15-8-10-16(20)11-9-15)18(23)13-25-17-6-4-3-5-7-17/h3-11,14H,12-13H2,1-2H3,(H,21,24)/t14-/m1/s1. The molecule has 0 aliphatic carbocycles. The molecule has 2 aromatic rings. The summed E-state index contributed by atoms with van der Waals surface area (Å²) in [7, 11) is 1.56. The number of likely N-dealkylation sites (N-methyl/N-ethyl adjacent to an activating group) is 1. The molecule has 0 saturated heterocycles. The van der Waals surface area contributed by atoms with E-state index in [0.29, 0.717) is 12.3 Å².